The zero-order chi connectivity index (χ0) is 22.4. The smallest absolute Gasteiger partial charge is 0.255 e. The van der Waals surface area contributed by atoms with E-state index < -0.39 is 10.0 Å². The highest BCUT2D eigenvalue weighted by atomic mass is 32.2. The van der Waals surface area contributed by atoms with E-state index in [1.165, 1.54) is 4.31 Å². The summed E-state index contributed by atoms with van der Waals surface area (Å²) in [5.41, 5.74) is 2.61. The molecule has 1 N–H and O–H groups in total. The van der Waals surface area contributed by atoms with Gasteiger partial charge in [0.05, 0.1) is 24.7 Å². The molecule has 1 aliphatic rings. The molecule has 0 aliphatic carbocycles. The van der Waals surface area contributed by atoms with E-state index in [-0.39, 0.29) is 11.7 Å². The molecule has 0 bridgehead atoms. The van der Waals surface area contributed by atoms with Gasteiger partial charge in [-0.2, -0.15) is 0 Å². The lowest BCUT2D eigenvalue weighted by molar-refractivity contribution is 0.102. The van der Waals surface area contributed by atoms with E-state index in [1.54, 1.807) is 24.3 Å². The minimum Gasteiger partial charge on any atom is -0.490 e. The van der Waals surface area contributed by atoms with Crippen LogP contribution in [0.4, 0.5) is 11.4 Å². The zero-order valence-electron chi connectivity index (χ0n) is 18.3. The van der Waals surface area contributed by atoms with Gasteiger partial charge in [0.25, 0.3) is 5.91 Å². The predicted octanol–water partition coefficient (Wildman–Crippen LogP) is 4.23. The fourth-order valence-electron chi connectivity index (χ4n) is 3.67. The molecule has 2 aromatic carbocycles. The van der Waals surface area contributed by atoms with Crippen LogP contribution in [0.2, 0.25) is 0 Å². The quantitative estimate of drug-likeness (QED) is 0.623. The second-order valence-electron chi connectivity index (χ2n) is 7.32. The number of nitrogens with zero attached hydrogens (tertiary/aromatic N) is 1. The fraction of sp³-hybridized carbons (Fsp3) is 0.435. The number of ether oxygens (including phenoxy) is 2. The molecule has 0 unspecified atom stereocenters. The van der Waals surface area contributed by atoms with Crippen molar-refractivity contribution in [3.8, 4) is 11.5 Å². The Hall–Kier alpha value is -2.74. The van der Waals surface area contributed by atoms with Gasteiger partial charge in [0, 0.05) is 17.8 Å². The first-order chi connectivity index (χ1) is 14.9. The largest absolute Gasteiger partial charge is 0.490 e. The summed E-state index contributed by atoms with van der Waals surface area (Å²) in [6.07, 6.45) is 2.16. The maximum absolute atomic E-state index is 12.8. The van der Waals surface area contributed by atoms with E-state index in [4.69, 9.17) is 9.47 Å². The maximum atomic E-state index is 12.8. The van der Waals surface area contributed by atoms with Gasteiger partial charge in [0.2, 0.25) is 10.0 Å². The summed E-state index contributed by atoms with van der Waals surface area (Å²) in [6, 6.07) is 10.5. The molecule has 1 amide bonds. The normalized spacial score (nSPS) is 13.5. The molecule has 0 fully saturated rings. The number of hydrogen-bond donors (Lipinski definition) is 1. The summed E-state index contributed by atoms with van der Waals surface area (Å²) in [5, 5.41) is 2.88. The third kappa shape index (κ3) is 5.31. The third-order valence-electron chi connectivity index (χ3n) is 5.02. The molecule has 1 aliphatic heterocycles. The number of hydrogen-bond acceptors (Lipinski definition) is 5. The van der Waals surface area contributed by atoms with Gasteiger partial charge in [-0.3, -0.25) is 9.10 Å². The highest BCUT2D eigenvalue weighted by Crippen LogP contribution is 2.33. The Morgan fingerprint density at radius 3 is 2.48 bits per heavy atom. The van der Waals surface area contributed by atoms with Crippen molar-refractivity contribution in [1.29, 1.82) is 0 Å². The molecule has 0 aromatic heterocycles. The molecule has 168 valence electrons. The minimum atomic E-state index is -3.38. The molecule has 0 atom stereocenters. The fourth-order valence-corrected chi connectivity index (χ4v) is 5.28. The number of nitrogens with one attached hydrogen (secondary N) is 1. The molecule has 2 aromatic rings. The SMILES string of the molecule is CCCS(=O)(=O)N1CCCc2ccc(NC(=O)c3ccc(OCC)c(OCC)c3)cc21. The molecule has 0 radical (unpaired) electrons. The summed E-state index contributed by atoms with van der Waals surface area (Å²) in [6.45, 7) is 7.02. The van der Waals surface area contributed by atoms with Gasteiger partial charge in [-0.15, -0.1) is 0 Å². The van der Waals surface area contributed by atoms with Crippen LogP contribution in [0.5, 0.6) is 11.5 Å². The van der Waals surface area contributed by atoms with Gasteiger partial charge in [0.1, 0.15) is 0 Å². The number of benzene rings is 2. The summed E-state index contributed by atoms with van der Waals surface area (Å²) in [7, 11) is -3.38. The molecule has 0 spiro atoms. The summed E-state index contributed by atoms with van der Waals surface area (Å²) in [5.74, 6) is 0.906. The van der Waals surface area contributed by atoms with Crippen molar-refractivity contribution in [1.82, 2.24) is 0 Å². The van der Waals surface area contributed by atoms with E-state index >= 15 is 0 Å². The molecule has 0 saturated carbocycles. The maximum Gasteiger partial charge on any atom is 0.255 e. The van der Waals surface area contributed by atoms with Crippen LogP contribution < -0.4 is 19.1 Å². The Balaban J connectivity index is 1.85. The first-order valence-corrected chi connectivity index (χ1v) is 12.3. The third-order valence-corrected chi connectivity index (χ3v) is 7.00. The van der Waals surface area contributed by atoms with Crippen LogP contribution in [0, 0.1) is 0 Å². The number of carbonyl (C=O) groups excluding carboxylic acids is 1. The van der Waals surface area contributed by atoms with Crippen LogP contribution in [0.25, 0.3) is 0 Å². The highest BCUT2D eigenvalue weighted by Gasteiger charge is 2.27. The van der Waals surface area contributed by atoms with Crippen LogP contribution >= 0.6 is 0 Å². The average molecular weight is 447 g/mol. The van der Waals surface area contributed by atoms with Crippen LogP contribution in [0.15, 0.2) is 36.4 Å². The summed E-state index contributed by atoms with van der Waals surface area (Å²) < 4.78 is 38.0. The topological polar surface area (TPSA) is 84.9 Å². The first-order valence-electron chi connectivity index (χ1n) is 10.7. The Labute approximate surface area is 184 Å². The number of rotatable bonds is 9. The molecular weight excluding hydrogens is 416 g/mol. The molecule has 8 heteroatoms. The second-order valence-corrected chi connectivity index (χ2v) is 9.33. The van der Waals surface area contributed by atoms with Gasteiger partial charge in [-0.25, -0.2) is 8.42 Å². The zero-order valence-corrected chi connectivity index (χ0v) is 19.1. The average Bonchev–Trinajstić information content (AvgIpc) is 2.74. The Morgan fingerprint density at radius 2 is 1.77 bits per heavy atom. The monoisotopic (exact) mass is 446 g/mol. The Bertz CT molecular complexity index is 1040. The molecule has 0 saturated heterocycles. The van der Waals surface area contributed by atoms with Crippen LogP contribution in [0.3, 0.4) is 0 Å². The lowest BCUT2D eigenvalue weighted by atomic mass is 10.0. The van der Waals surface area contributed by atoms with Crippen LogP contribution in [-0.4, -0.2) is 39.8 Å². The molecule has 7 nitrogen and oxygen atoms in total. The predicted molar refractivity (Wildman–Crippen MR) is 123 cm³/mol. The lowest BCUT2D eigenvalue weighted by Crippen LogP contribution is -2.37. The van der Waals surface area contributed by atoms with Crippen molar-refractivity contribution >= 4 is 27.3 Å². The molecule has 31 heavy (non-hydrogen) atoms. The molecular formula is C23H30N2O5S. The van der Waals surface area contributed by atoms with Crippen molar-refractivity contribution in [3.05, 3.63) is 47.5 Å². The second kappa shape index (κ2) is 10.0. The van der Waals surface area contributed by atoms with E-state index in [0.717, 1.165) is 18.4 Å². The lowest BCUT2D eigenvalue weighted by Gasteiger charge is -2.31. The van der Waals surface area contributed by atoms with Crippen molar-refractivity contribution in [2.75, 3.05) is 35.1 Å². The number of anilines is 2. The van der Waals surface area contributed by atoms with Crippen LogP contribution in [0.1, 0.15) is 49.5 Å². The molecule has 1 heterocycles. The Morgan fingerprint density at radius 1 is 1.03 bits per heavy atom. The van der Waals surface area contributed by atoms with Crippen molar-refractivity contribution in [3.63, 3.8) is 0 Å². The number of fused-ring (bicyclic) bond motifs is 1. The van der Waals surface area contributed by atoms with Crippen molar-refractivity contribution in [2.45, 2.75) is 40.0 Å². The Kier molecular flexibility index (Phi) is 7.43. The number of sulfonamides is 1. The summed E-state index contributed by atoms with van der Waals surface area (Å²) >= 11 is 0. The van der Waals surface area contributed by atoms with Gasteiger partial charge in [-0.1, -0.05) is 13.0 Å². The van der Waals surface area contributed by atoms with Gasteiger partial charge in [0.15, 0.2) is 11.5 Å². The number of amides is 1. The standard InChI is InChI=1S/C23H30N2O5S/c1-4-14-31(27,28)25-13-7-8-17-9-11-19(16-20(17)25)24-23(26)18-10-12-21(29-5-2)22(15-18)30-6-3/h9-12,15-16H,4-8,13-14H2,1-3H3,(H,24,26). The van der Waals surface area contributed by atoms with E-state index in [2.05, 4.69) is 5.32 Å². The highest BCUT2D eigenvalue weighted by molar-refractivity contribution is 7.92. The van der Waals surface area contributed by atoms with E-state index in [1.807, 2.05) is 32.9 Å². The van der Waals surface area contributed by atoms with Gasteiger partial charge >= 0.3 is 0 Å². The van der Waals surface area contributed by atoms with Gasteiger partial charge < -0.3 is 14.8 Å². The van der Waals surface area contributed by atoms with Crippen LogP contribution in [-0.2, 0) is 16.4 Å². The van der Waals surface area contributed by atoms with Gasteiger partial charge in [-0.05, 0) is 69.0 Å². The van der Waals surface area contributed by atoms with Crippen molar-refractivity contribution < 1.29 is 22.7 Å². The van der Waals surface area contributed by atoms with Crippen molar-refractivity contribution in [2.24, 2.45) is 0 Å². The molecule has 3 rings (SSSR count). The first kappa shape index (κ1) is 22.9. The van der Waals surface area contributed by atoms with E-state index in [0.29, 0.717) is 54.6 Å². The summed E-state index contributed by atoms with van der Waals surface area (Å²) in [4.78, 5) is 12.8. The minimum absolute atomic E-state index is 0.107. The number of aryl methyl sites for hydroxylation is 1. The number of carbonyl (C=O) groups is 1. The van der Waals surface area contributed by atoms with E-state index in [9.17, 15) is 13.2 Å².